The van der Waals surface area contributed by atoms with E-state index in [4.69, 9.17) is 11.5 Å². The van der Waals surface area contributed by atoms with E-state index in [1.165, 1.54) is 64.2 Å². The summed E-state index contributed by atoms with van der Waals surface area (Å²) in [5, 5.41) is 8.73. The van der Waals surface area contributed by atoms with Gasteiger partial charge in [0.05, 0.1) is 0 Å². The quantitative estimate of drug-likeness (QED) is 0.224. The van der Waals surface area contributed by atoms with Crippen LogP contribution in [0.1, 0.15) is 89.9 Å². The summed E-state index contributed by atoms with van der Waals surface area (Å²) >= 11 is 3.17. The van der Waals surface area contributed by atoms with Crippen molar-refractivity contribution in [2.75, 3.05) is 0 Å². The molecule has 0 fully saturated rings. The first-order valence-corrected chi connectivity index (χ1v) is 9.40. The lowest BCUT2D eigenvalue weighted by Crippen LogP contribution is -2.11. The van der Waals surface area contributed by atoms with Crippen LogP contribution in [0.15, 0.2) is 0 Å². The summed E-state index contributed by atoms with van der Waals surface area (Å²) in [4.78, 5) is 10.2. The molecule has 122 valence electrons. The summed E-state index contributed by atoms with van der Waals surface area (Å²) in [6.45, 7) is 0. The smallest absolute Gasteiger partial charge is 0.317 e. The van der Waals surface area contributed by atoms with E-state index in [-0.39, 0.29) is 4.83 Å². The first-order chi connectivity index (χ1) is 10.2. The fourth-order valence-corrected chi connectivity index (χ4v) is 2.77. The number of terminal acetylenes is 1. The third-order valence-electron chi connectivity index (χ3n) is 3.80. The molecule has 0 aromatic carbocycles. The van der Waals surface area contributed by atoms with Gasteiger partial charge in [-0.15, -0.1) is 12.3 Å². The lowest BCUT2D eigenvalue weighted by Gasteiger charge is -2.04. The van der Waals surface area contributed by atoms with Crippen molar-refractivity contribution < 1.29 is 9.90 Å². The van der Waals surface area contributed by atoms with Crippen LogP contribution in [0.3, 0.4) is 0 Å². The molecule has 1 unspecified atom stereocenters. The van der Waals surface area contributed by atoms with Crippen LogP contribution in [-0.2, 0) is 4.79 Å². The van der Waals surface area contributed by atoms with Crippen molar-refractivity contribution in [1.29, 1.82) is 0 Å². The summed E-state index contributed by atoms with van der Waals surface area (Å²) in [5.74, 6) is 1.95. The molecule has 1 atom stereocenters. The van der Waals surface area contributed by atoms with Crippen molar-refractivity contribution in [3.05, 3.63) is 0 Å². The predicted molar refractivity (Wildman–Crippen MR) is 93.8 cm³/mol. The summed E-state index contributed by atoms with van der Waals surface area (Å²) in [5.41, 5.74) is 0. The molecule has 0 bridgehead atoms. The first-order valence-electron chi connectivity index (χ1n) is 8.49. The molecule has 0 saturated carbocycles. The zero-order valence-electron chi connectivity index (χ0n) is 13.3. The number of aliphatic carboxylic acids is 1. The van der Waals surface area contributed by atoms with E-state index < -0.39 is 5.97 Å². The third-order valence-corrected chi connectivity index (χ3v) is 4.65. The Bertz CT molecular complexity index is 283. The Balaban J connectivity index is 3.06. The number of halogens is 1. The minimum Gasteiger partial charge on any atom is -0.480 e. The highest BCUT2D eigenvalue weighted by atomic mass is 79.9. The van der Waals surface area contributed by atoms with Crippen molar-refractivity contribution in [2.45, 2.75) is 94.7 Å². The van der Waals surface area contributed by atoms with Gasteiger partial charge in [0.25, 0.3) is 0 Å². The number of alkyl halides is 1. The standard InChI is InChI=1S/C18H31BrO2/c1-2-3-4-5-6-7-8-9-10-11-12-13-14-15-16-17(19)18(20)21/h1,17H,3-16H2,(H,20,21). The number of hydrogen-bond donors (Lipinski definition) is 1. The first kappa shape index (κ1) is 20.5. The largest absolute Gasteiger partial charge is 0.480 e. The molecular weight excluding hydrogens is 328 g/mol. The van der Waals surface area contributed by atoms with Crippen LogP contribution in [0.5, 0.6) is 0 Å². The second-order valence-electron chi connectivity index (χ2n) is 5.79. The van der Waals surface area contributed by atoms with Gasteiger partial charge in [0.1, 0.15) is 4.83 Å². The summed E-state index contributed by atoms with van der Waals surface area (Å²) in [6.07, 6.45) is 22.2. The van der Waals surface area contributed by atoms with Crippen LogP contribution in [-0.4, -0.2) is 15.9 Å². The van der Waals surface area contributed by atoms with E-state index in [1.807, 2.05) is 0 Å². The highest BCUT2D eigenvalue weighted by molar-refractivity contribution is 9.10. The molecule has 0 spiro atoms. The zero-order valence-corrected chi connectivity index (χ0v) is 14.9. The Labute approximate surface area is 139 Å². The van der Waals surface area contributed by atoms with Gasteiger partial charge >= 0.3 is 5.97 Å². The van der Waals surface area contributed by atoms with E-state index >= 15 is 0 Å². The number of unbranched alkanes of at least 4 members (excludes halogenated alkanes) is 12. The molecule has 0 aromatic heterocycles. The molecule has 0 heterocycles. The van der Waals surface area contributed by atoms with Gasteiger partial charge in [-0.25, -0.2) is 0 Å². The van der Waals surface area contributed by atoms with Gasteiger partial charge in [-0.2, -0.15) is 0 Å². The normalized spacial score (nSPS) is 12.0. The highest BCUT2D eigenvalue weighted by Crippen LogP contribution is 2.15. The molecule has 0 aromatic rings. The van der Waals surface area contributed by atoms with Crippen LogP contribution in [0.25, 0.3) is 0 Å². The highest BCUT2D eigenvalue weighted by Gasteiger charge is 2.11. The maximum Gasteiger partial charge on any atom is 0.317 e. The van der Waals surface area contributed by atoms with Crippen LogP contribution in [0.4, 0.5) is 0 Å². The summed E-state index contributed by atoms with van der Waals surface area (Å²) in [7, 11) is 0. The maximum atomic E-state index is 10.6. The molecule has 0 aliphatic heterocycles. The van der Waals surface area contributed by atoms with E-state index in [9.17, 15) is 4.79 Å². The lowest BCUT2D eigenvalue weighted by molar-refractivity contribution is -0.136. The fraction of sp³-hybridized carbons (Fsp3) is 0.833. The Kier molecular flexibility index (Phi) is 15.5. The van der Waals surface area contributed by atoms with Gasteiger partial charge in [-0.1, -0.05) is 86.6 Å². The Morgan fingerprint density at radius 2 is 1.24 bits per heavy atom. The lowest BCUT2D eigenvalue weighted by atomic mass is 10.0. The molecule has 3 heteroatoms. The van der Waals surface area contributed by atoms with Crippen molar-refractivity contribution in [3.63, 3.8) is 0 Å². The third kappa shape index (κ3) is 15.7. The second-order valence-corrected chi connectivity index (χ2v) is 6.90. The number of hydrogen-bond acceptors (Lipinski definition) is 1. The molecule has 0 rings (SSSR count). The van der Waals surface area contributed by atoms with Crippen molar-refractivity contribution in [3.8, 4) is 12.3 Å². The van der Waals surface area contributed by atoms with Gasteiger partial charge in [0, 0.05) is 6.42 Å². The van der Waals surface area contributed by atoms with E-state index in [2.05, 4.69) is 21.9 Å². The monoisotopic (exact) mass is 358 g/mol. The number of rotatable bonds is 15. The molecule has 1 N–H and O–H groups in total. The fourth-order valence-electron chi connectivity index (χ4n) is 2.44. The Hall–Kier alpha value is -0.490. The van der Waals surface area contributed by atoms with Crippen LogP contribution < -0.4 is 0 Å². The number of carboxylic acid groups (broad SMARTS) is 1. The molecule has 0 radical (unpaired) electrons. The van der Waals surface area contributed by atoms with Gasteiger partial charge in [0.2, 0.25) is 0 Å². The average Bonchev–Trinajstić information content (AvgIpc) is 2.47. The topological polar surface area (TPSA) is 37.3 Å². The SMILES string of the molecule is C#CCCCCCCCCCCCCCCC(Br)C(=O)O. The van der Waals surface area contributed by atoms with Crippen LogP contribution in [0.2, 0.25) is 0 Å². The average molecular weight is 359 g/mol. The number of carbonyl (C=O) groups is 1. The van der Waals surface area contributed by atoms with Crippen LogP contribution in [0, 0.1) is 12.3 Å². The molecule has 2 nitrogen and oxygen atoms in total. The van der Waals surface area contributed by atoms with Crippen molar-refractivity contribution >= 4 is 21.9 Å². The maximum absolute atomic E-state index is 10.6. The zero-order chi connectivity index (χ0) is 15.8. The van der Waals surface area contributed by atoms with Crippen LogP contribution >= 0.6 is 15.9 Å². The molecule has 0 aliphatic rings. The Morgan fingerprint density at radius 3 is 1.62 bits per heavy atom. The van der Waals surface area contributed by atoms with E-state index in [0.29, 0.717) is 0 Å². The van der Waals surface area contributed by atoms with E-state index in [1.54, 1.807) is 0 Å². The van der Waals surface area contributed by atoms with E-state index in [0.717, 1.165) is 25.7 Å². The minimum absolute atomic E-state index is 0.363. The van der Waals surface area contributed by atoms with Gasteiger partial charge < -0.3 is 5.11 Å². The van der Waals surface area contributed by atoms with Gasteiger partial charge in [0.15, 0.2) is 0 Å². The summed E-state index contributed by atoms with van der Waals surface area (Å²) < 4.78 is 0. The van der Waals surface area contributed by atoms with Gasteiger partial charge in [-0.3, -0.25) is 4.79 Å². The molecule has 0 aliphatic carbocycles. The minimum atomic E-state index is -0.741. The number of carboxylic acids is 1. The Morgan fingerprint density at radius 1 is 0.857 bits per heavy atom. The molecule has 0 amide bonds. The molecular formula is C18H31BrO2. The second kappa shape index (κ2) is 15.9. The van der Waals surface area contributed by atoms with Crippen molar-refractivity contribution in [1.82, 2.24) is 0 Å². The molecule has 0 saturated heterocycles. The predicted octanol–water partition coefficient (Wildman–Crippen LogP) is 5.93. The molecule has 21 heavy (non-hydrogen) atoms. The van der Waals surface area contributed by atoms with Crippen molar-refractivity contribution in [2.24, 2.45) is 0 Å². The summed E-state index contributed by atoms with van der Waals surface area (Å²) in [6, 6.07) is 0. The van der Waals surface area contributed by atoms with Gasteiger partial charge in [-0.05, 0) is 12.8 Å².